The summed E-state index contributed by atoms with van der Waals surface area (Å²) >= 11 is 5.89. The Hall–Kier alpha value is -1.86. The number of amides is 1. The van der Waals surface area contributed by atoms with E-state index in [1.165, 1.54) is 24.0 Å². The lowest BCUT2D eigenvalue weighted by Gasteiger charge is -2.34. The van der Waals surface area contributed by atoms with Gasteiger partial charge in [-0.2, -0.15) is 0 Å². The molecule has 6 nitrogen and oxygen atoms in total. The van der Waals surface area contributed by atoms with Crippen LogP contribution in [0.3, 0.4) is 0 Å². The van der Waals surface area contributed by atoms with Crippen molar-refractivity contribution in [2.24, 2.45) is 0 Å². The Balaban J connectivity index is 2.10. The number of benzene rings is 1. The standard InChI is InChI=1S/C16H19ClFNO5/c1-10(24-14-3-2-11(18)8-13(14)17)16(22)19(9-15(20)21)12-4-6-23-7-5-12/h2-3,8,10,12H,4-7,9H2,1H3,(H,20,21)/t10-/m0/s1. The molecule has 1 amide bonds. The second-order valence-electron chi connectivity index (χ2n) is 5.54. The van der Waals surface area contributed by atoms with E-state index in [1.54, 1.807) is 0 Å². The second-order valence-corrected chi connectivity index (χ2v) is 5.95. The summed E-state index contributed by atoms with van der Waals surface area (Å²) in [6, 6.07) is 3.38. The predicted molar refractivity (Wildman–Crippen MR) is 84.7 cm³/mol. The first-order chi connectivity index (χ1) is 11.4. The number of halogens is 2. The van der Waals surface area contributed by atoms with Crippen molar-refractivity contribution < 1.29 is 28.6 Å². The molecule has 0 saturated carbocycles. The Bertz CT molecular complexity index is 606. The van der Waals surface area contributed by atoms with Crippen LogP contribution in [0.2, 0.25) is 5.02 Å². The summed E-state index contributed by atoms with van der Waals surface area (Å²) in [6.45, 7) is 2.06. The molecule has 0 spiro atoms. The van der Waals surface area contributed by atoms with Gasteiger partial charge in [-0.3, -0.25) is 9.59 Å². The van der Waals surface area contributed by atoms with Gasteiger partial charge in [0, 0.05) is 19.3 Å². The normalized spacial score (nSPS) is 16.5. The number of carbonyl (C=O) groups excluding carboxylic acids is 1. The molecular formula is C16H19ClFNO5. The van der Waals surface area contributed by atoms with Crippen LogP contribution in [0, 0.1) is 5.82 Å². The molecule has 1 heterocycles. The highest BCUT2D eigenvalue weighted by Crippen LogP contribution is 2.26. The largest absolute Gasteiger partial charge is 0.480 e. The fraction of sp³-hybridized carbons (Fsp3) is 0.500. The summed E-state index contributed by atoms with van der Waals surface area (Å²) in [4.78, 5) is 25.0. The topological polar surface area (TPSA) is 76.1 Å². The fourth-order valence-corrected chi connectivity index (χ4v) is 2.79. The molecule has 2 rings (SSSR count). The van der Waals surface area contributed by atoms with Gasteiger partial charge in [0.15, 0.2) is 6.10 Å². The monoisotopic (exact) mass is 359 g/mol. The molecule has 8 heteroatoms. The Morgan fingerprint density at radius 2 is 2.12 bits per heavy atom. The Labute approximate surface area is 144 Å². The van der Waals surface area contributed by atoms with Crippen LogP contribution in [-0.4, -0.2) is 53.8 Å². The molecule has 0 unspecified atom stereocenters. The number of hydrogen-bond donors (Lipinski definition) is 1. The van der Waals surface area contributed by atoms with Crippen LogP contribution in [0.25, 0.3) is 0 Å². The number of aliphatic carboxylic acids is 1. The van der Waals surface area contributed by atoms with Crippen molar-refractivity contribution in [2.45, 2.75) is 31.9 Å². The zero-order chi connectivity index (χ0) is 17.7. The van der Waals surface area contributed by atoms with Crippen molar-refractivity contribution in [3.63, 3.8) is 0 Å². The number of carbonyl (C=O) groups is 2. The van der Waals surface area contributed by atoms with Gasteiger partial charge in [-0.1, -0.05) is 11.6 Å². The molecule has 24 heavy (non-hydrogen) atoms. The van der Waals surface area contributed by atoms with Gasteiger partial charge >= 0.3 is 5.97 Å². The van der Waals surface area contributed by atoms with Gasteiger partial charge in [-0.25, -0.2) is 4.39 Å². The van der Waals surface area contributed by atoms with E-state index in [1.807, 2.05) is 0 Å². The van der Waals surface area contributed by atoms with Crippen molar-refractivity contribution in [2.75, 3.05) is 19.8 Å². The Kier molecular flexibility index (Phi) is 6.39. The minimum absolute atomic E-state index is 0.0468. The van der Waals surface area contributed by atoms with Crippen molar-refractivity contribution in [1.29, 1.82) is 0 Å². The van der Waals surface area contributed by atoms with Gasteiger partial charge in [0.1, 0.15) is 18.1 Å². The van der Waals surface area contributed by atoms with Crippen LogP contribution in [0.15, 0.2) is 18.2 Å². The molecule has 0 radical (unpaired) electrons. The van der Waals surface area contributed by atoms with Crippen molar-refractivity contribution in [3.05, 3.63) is 29.0 Å². The lowest BCUT2D eigenvalue weighted by atomic mass is 10.1. The lowest BCUT2D eigenvalue weighted by Crippen LogP contribution is -2.50. The summed E-state index contributed by atoms with van der Waals surface area (Å²) in [5.41, 5.74) is 0. The zero-order valence-corrected chi connectivity index (χ0v) is 14.0. The third kappa shape index (κ3) is 4.82. The van der Waals surface area contributed by atoms with Gasteiger partial charge in [-0.05, 0) is 38.0 Å². The maximum absolute atomic E-state index is 13.1. The first-order valence-electron chi connectivity index (χ1n) is 7.60. The van der Waals surface area contributed by atoms with E-state index < -0.39 is 30.3 Å². The second kappa shape index (κ2) is 8.30. The number of carboxylic acids is 1. The van der Waals surface area contributed by atoms with Crippen LogP contribution >= 0.6 is 11.6 Å². The summed E-state index contributed by atoms with van der Waals surface area (Å²) < 4.78 is 23.8. The van der Waals surface area contributed by atoms with Crippen molar-refractivity contribution >= 4 is 23.5 Å². The minimum Gasteiger partial charge on any atom is -0.480 e. The molecule has 0 aliphatic carbocycles. The van der Waals surface area contributed by atoms with E-state index in [4.69, 9.17) is 26.2 Å². The van der Waals surface area contributed by atoms with E-state index in [0.29, 0.717) is 26.1 Å². The van der Waals surface area contributed by atoms with Crippen LogP contribution in [0.5, 0.6) is 5.75 Å². The Morgan fingerprint density at radius 1 is 1.46 bits per heavy atom. The van der Waals surface area contributed by atoms with Gasteiger partial charge < -0.3 is 19.5 Å². The smallest absolute Gasteiger partial charge is 0.323 e. The maximum Gasteiger partial charge on any atom is 0.323 e. The third-order valence-electron chi connectivity index (χ3n) is 3.77. The number of nitrogens with zero attached hydrogens (tertiary/aromatic N) is 1. The molecule has 0 bridgehead atoms. The van der Waals surface area contributed by atoms with E-state index in [9.17, 15) is 14.0 Å². The number of rotatable bonds is 6. The summed E-state index contributed by atoms with van der Waals surface area (Å²) in [7, 11) is 0. The highest BCUT2D eigenvalue weighted by atomic mass is 35.5. The third-order valence-corrected chi connectivity index (χ3v) is 4.06. The van der Waals surface area contributed by atoms with Crippen molar-refractivity contribution in [1.82, 2.24) is 4.90 Å². The van der Waals surface area contributed by atoms with Crippen LogP contribution in [0.1, 0.15) is 19.8 Å². The van der Waals surface area contributed by atoms with Crippen LogP contribution in [0.4, 0.5) is 4.39 Å². The molecule has 1 aliphatic rings. The first kappa shape index (κ1) is 18.5. The highest BCUT2D eigenvalue weighted by Gasteiger charge is 2.31. The molecule has 132 valence electrons. The molecule has 1 saturated heterocycles. The molecule has 0 aromatic heterocycles. The molecule has 1 aliphatic heterocycles. The average molecular weight is 360 g/mol. The number of ether oxygens (including phenoxy) is 2. The average Bonchev–Trinajstić information content (AvgIpc) is 2.55. The minimum atomic E-state index is -1.10. The quantitative estimate of drug-likeness (QED) is 0.843. The molecular weight excluding hydrogens is 341 g/mol. The maximum atomic E-state index is 13.1. The zero-order valence-electron chi connectivity index (χ0n) is 13.2. The summed E-state index contributed by atoms with van der Waals surface area (Å²) in [6.07, 6.45) is 0.196. The summed E-state index contributed by atoms with van der Waals surface area (Å²) in [5, 5.41) is 9.13. The fourth-order valence-electron chi connectivity index (χ4n) is 2.57. The van der Waals surface area contributed by atoms with Gasteiger partial charge in [0.05, 0.1) is 5.02 Å². The number of carboxylic acid groups (broad SMARTS) is 1. The molecule has 1 aromatic rings. The molecule has 1 atom stereocenters. The number of hydrogen-bond acceptors (Lipinski definition) is 4. The summed E-state index contributed by atoms with van der Waals surface area (Å²) in [5.74, 6) is -1.89. The first-order valence-corrected chi connectivity index (χ1v) is 7.98. The van der Waals surface area contributed by atoms with E-state index in [-0.39, 0.29) is 16.8 Å². The lowest BCUT2D eigenvalue weighted by molar-refractivity contribution is -0.151. The SMILES string of the molecule is C[C@H](Oc1ccc(F)cc1Cl)C(=O)N(CC(=O)O)C1CCOCC1. The highest BCUT2D eigenvalue weighted by molar-refractivity contribution is 6.32. The van der Waals surface area contributed by atoms with Crippen molar-refractivity contribution in [3.8, 4) is 5.75 Å². The van der Waals surface area contributed by atoms with E-state index in [2.05, 4.69) is 0 Å². The van der Waals surface area contributed by atoms with Crippen LogP contribution < -0.4 is 4.74 Å². The van der Waals surface area contributed by atoms with E-state index >= 15 is 0 Å². The van der Waals surface area contributed by atoms with Gasteiger partial charge in [0.2, 0.25) is 0 Å². The van der Waals surface area contributed by atoms with E-state index in [0.717, 1.165) is 6.07 Å². The Morgan fingerprint density at radius 3 is 2.71 bits per heavy atom. The van der Waals surface area contributed by atoms with Crippen LogP contribution in [-0.2, 0) is 14.3 Å². The molecule has 1 fully saturated rings. The molecule has 1 N–H and O–H groups in total. The predicted octanol–water partition coefficient (Wildman–Crippen LogP) is 2.34. The van der Waals surface area contributed by atoms with Gasteiger partial charge in [0.25, 0.3) is 5.91 Å². The van der Waals surface area contributed by atoms with Gasteiger partial charge in [-0.15, -0.1) is 0 Å². The molecule has 1 aromatic carbocycles.